The van der Waals surface area contributed by atoms with E-state index in [1.54, 1.807) is 7.05 Å². The van der Waals surface area contributed by atoms with Gasteiger partial charge in [0, 0.05) is 20.1 Å². The van der Waals surface area contributed by atoms with E-state index in [4.69, 9.17) is 0 Å². The molecule has 2 heterocycles. The van der Waals surface area contributed by atoms with E-state index in [2.05, 4.69) is 32.4 Å². The zero-order chi connectivity index (χ0) is 14.5. The van der Waals surface area contributed by atoms with Gasteiger partial charge in [-0.3, -0.25) is 10.1 Å². The molecule has 1 aliphatic heterocycles. The van der Waals surface area contributed by atoms with Crippen LogP contribution in [-0.4, -0.2) is 53.0 Å². The Bertz CT molecular complexity index is 481. The minimum absolute atomic E-state index is 0.0886. The second-order valence-corrected chi connectivity index (χ2v) is 4.86. The first-order valence-corrected chi connectivity index (χ1v) is 6.79. The summed E-state index contributed by atoms with van der Waals surface area (Å²) in [4.78, 5) is 20.9. The van der Waals surface area contributed by atoms with Gasteiger partial charge in [-0.2, -0.15) is 4.98 Å². The molecule has 0 amide bonds. The average Bonchev–Trinajstić information content (AvgIpc) is 2.92. The molecule has 20 heavy (non-hydrogen) atoms. The molecule has 8 heteroatoms. The van der Waals surface area contributed by atoms with E-state index in [-0.39, 0.29) is 11.5 Å². The summed E-state index contributed by atoms with van der Waals surface area (Å²) in [7, 11) is 1.68. The zero-order valence-corrected chi connectivity index (χ0v) is 11.8. The summed E-state index contributed by atoms with van der Waals surface area (Å²) in [6.45, 7) is 6.01. The number of rotatable bonds is 6. The van der Waals surface area contributed by atoms with E-state index >= 15 is 0 Å². The standard InChI is InChI=1S/C12H20N6O2/c1-3-17-5-4-9(8-17)6-14-11-10(18(19)20)7-15-12(13-2)16-11/h7,9H,3-6,8H2,1-2H3,(H2,13,14,15,16). The van der Waals surface area contributed by atoms with E-state index in [9.17, 15) is 10.1 Å². The highest BCUT2D eigenvalue weighted by Crippen LogP contribution is 2.23. The summed E-state index contributed by atoms with van der Waals surface area (Å²) in [5.74, 6) is 1.16. The van der Waals surface area contributed by atoms with E-state index < -0.39 is 4.92 Å². The highest BCUT2D eigenvalue weighted by Gasteiger charge is 2.23. The average molecular weight is 280 g/mol. The van der Waals surface area contributed by atoms with Crippen LogP contribution < -0.4 is 10.6 Å². The van der Waals surface area contributed by atoms with Crippen LogP contribution in [-0.2, 0) is 0 Å². The number of likely N-dealkylation sites (tertiary alicyclic amines) is 1. The predicted octanol–water partition coefficient (Wildman–Crippen LogP) is 1.18. The third-order valence-electron chi connectivity index (χ3n) is 3.57. The first-order chi connectivity index (χ1) is 9.63. The third-order valence-corrected chi connectivity index (χ3v) is 3.57. The van der Waals surface area contributed by atoms with Gasteiger partial charge in [0.15, 0.2) is 0 Å². The maximum absolute atomic E-state index is 11.0. The van der Waals surface area contributed by atoms with E-state index in [0.717, 1.165) is 26.1 Å². The molecule has 0 spiro atoms. The molecule has 110 valence electrons. The minimum atomic E-state index is -0.464. The lowest BCUT2D eigenvalue weighted by Gasteiger charge is -2.14. The quantitative estimate of drug-likeness (QED) is 0.596. The molecule has 8 nitrogen and oxygen atoms in total. The number of nitrogens with zero attached hydrogens (tertiary/aromatic N) is 4. The summed E-state index contributed by atoms with van der Waals surface area (Å²) in [6.07, 6.45) is 2.34. The van der Waals surface area contributed by atoms with E-state index in [0.29, 0.717) is 18.4 Å². The lowest BCUT2D eigenvalue weighted by molar-refractivity contribution is -0.384. The fraction of sp³-hybridized carbons (Fsp3) is 0.667. The van der Waals surface area contributed by atoms with Crippen molar-refractivity contribution in [2.45, 2.75) is 13.3 Å². The zero-order valence-electron chi connectivity index (χ0n) is 11.8. The molecule has 1 aliphatic rings. The Morgan fingerprint density at radius 1 is 1.60 bits per heavy atom. The highest BCUT2D eigenvalue weighted by molar-refractivity contribution is 5.56. The van der Waals surface area contributed by atoms with Gasteiger partial charge in [0.2, 0.25) is 11.8 Å². The van der Waals surface area contributed by atoms with E-state index in [1.165, 1.54) is 6.20 Å². The van der Waals surface area contributed by atoms with Crippen LogP contribution in [0, 0.1) is 16.0 Å². The molecule has 2 rings (SSSR count). The van der Waals surface area contributed by atoms with Crippen LogP contribution in [0.1, 0.15) is 13.3 Å². The van der Waals surface area contributed by atoms with Gasteiger partial charge >= 0.3 is 5.69 Å². The van der Waals surface area contributed by atoms with Crippen molar-refractivity contribution >= 4 is 17.5 Å². The largest absolute Gasteiger partial charge is 0.364 e. The Hall–Kier alpha value is -1.96. The Morgan fingerprint density at radius 2 is 2.40 bits per heavy atom. The molecular formula is C12H20N6O2. The van der Waals surface area contributed by atoms with Crippen LogP contribution in [0.15, 0.2) is 6.20 Å². The molecule has 0 bridgehead atoms. The number of nitrogens with one attached hydrogen (secondary N) is 2. The Balaban J connectivity index is 2.02. The van der Waals surface area contributed by atoms with Crippen LogP contribution in [0.2, 0.25) is 0 Å². The Labute approximate surface area is 117 Å². The second-order valence-electron chi connectivity index (χ2n) is 4.86. The molecule has 0 saturated carbocycles. The summed E-state index contributed by atoms with van der Waals surface area (Å²) >= 11 is 0. The first kappa shape index (κ1) is 14.4. The topological polar surface area (TPSA) is 96.2 Å². The molecule has 0 aromatic carbocycles. The molecular weight excluding hydrogens is 260 g/mol. The first-order valence-electron chi connectivity index (χ1n) is 6.79. The molecule has 1 saturated heterocycles. The lowest BCUT2D eigenvalue weighted by Crippen LogP contribution is -2.23. The van der Waals surface area contributed by atoms with Crippen LogP contribution in [0.3, 0.4) is 0 Å². The van der Waals surface area contributed by atoms with Gasteiger partial charge in [-0.15, -0.1) is 0 Å². The predicted molar refractivity (Wildman–Crippen MR) is 76.9 cm³/mol. The Morgan fingerprint density at radius 3 is 3.00 bits per heavy atom. The SMILES string of the molecule is CCN1CCC(CNc2nc(NC)ncc2[N+](=O)[O-])C1. The number of anilines is 2. The molecule has 1 aromatic rings. The van der Waals surface area contributed by atoms with Gasteiger partial charge in [0.05, 0.1) is 4.92 Å². The van der Waals surface area contributed by atoms with Crippen molar-refractivity contribution in [1.82, 2.24) is 14.9 Å². The monoisotopic (exact) mass is 280 g/mol. The summed E-state index contributed by atoms with van der Waals surface area (Å²) in [6, 6.07) is 0. The second kappa shape index (κ2) is 6.47. The van der Waals surface area contributed by atoms with Gasteiger partial charge in [-0.05, 0) is 25.4 Å². The highest BCUT2D eigenvalue weighted by atomic mass is 16.6. The maximum Gasteiger partial charge on any atom is 0.329 e. The molecule has 1 atom stereocenters. The summed E-state index contributed by atoms with van der Waals surface area (Å²) < 4.78 is 0. The van der Waals surface area contributed by atoms with Crippen LogP contribution in [0.25, 0.3) is 0 Å². The number of hydrogen-bond acceptors (Lipinski definition) is 7. The minimum Gasteiger partial charge on any atom is -0.364 e. The van der Waals surface area contributed by atoms with Crippen molar-refractivity contribution in [2.24, 2.45) is 5.92 Å². The molecule has 0 radical (unpaired) electrons. The van der Waals surface area contributed by atoms with Gasteiger partial charge in [-0.1, -0.05) is 6.92 Å². The fourth-order valence-electron chi connectivity index (χ4n) is 2.37. The van der Waals surface area contributed by atoms with Gasteiger partial charge in [-0.25, -0.2) is 4.98 Å². The van der Waals surface area contributed by atoms with Crippen LogP contribution >= 0.6 is 0 Å². The number of hydrogen-bond donors (Lipinski definition) is 2. The lowest BCUT2D eigenvalue weighted by atomic mass is 10.1. The van der Waals surface area contributed by atoms with Crippen LogP contribution in [0.5, 0.6) is 0 Å². The van der Waals surface area contributed by atoms with Gasteiger partial charge in [0.1, 0.15) is 6.20 Å². The Kier molecular flexibility index (Phi) is 4.67. The maximum atomic E-state index is 11.0. The molecule has 1 aromatic heterocycles. The number of aromatic nitrogens is 2. The van der Waals surface area contributed by atoms with Crippen molar-refractivity contribution in [1.29, 1.82) is 0 Å². The molecule has 2 N–H and O–H groups in total. The molecule has 1 fully saturated rings. The molecule has 0 aliphatic carbocycles. The number of nitro groups is 1. The van der Waals surface area contributed by atoms with Gasteiger partial charge < -0.3 is 15.5 Å². The normalized spacial score (nSPS) is 19.0. The fourth-order valence-corrected chi connectivity index (χ4v) is 2.37. The van der Waals surface area contributed by atoms with E-state index in [1.807, 2.05) is 0 Å². The van der Waals surface area contributed by atoms with Crippen molar-refractivity contribution in [2.75, 3.05) is 43.9 Å². The summed E-state index contributed by atoms with van der Waals surface area (Å²) in [5, 5.41) is 16.9. The third kappa shape index (κ3) is 3.32. The molecule has 1 unspecified atom stereocenters. The van der Waals surface area contributed by atoms with Crippen LogP contribution in [0.4, 0.5) is 17.5 Å². The summed E-state index contributed by atoms with van der Waals surface area (Å²) in [5.41, 5.74) is -0.0886. The van der Waals surface area contributed by atoms with Crippen molar-refractivity contribution in [3.63, 3.8) is 0 Å². The van der Waals surface area contributed by atoms with Crippen molar-refractivity contribution in [3.05, 3.63) is 16.3 Å². The van der Waals surface area contributed by atoms with Gasteiger partial charge in [0.25, 0.3) is 0 Å². The smallest absolute Gasteiger partial charge is 0.329 e. The van der Waals surface area contributed by atoms with Crippen molar-refractivity contribution < 1.29 is 4.92 Å². The van der Waals surface area contributed by atoms with Crippen molar-refractivity contribution in [3.8, 4) is 0 Å².